The molecular weight excluding hydrogens is 403 g/mol. The van der Waals surface area contributed by atoms with Crippen LogP contribution < -0.4 is 4.74 Å². The summed E-state index contributed by atoms with van der Waals surface area (Å²) in [7, 11) is 0. The Morgan fingerprint density at radius 1 is 0.857 bits per heavy atom. The van der Waals surface area contributed by atoms with Gasteiger partial charge in [-0.3, -0.25) is 0 Å². The Labute approximate surface area is 149 Å². The summed E-state index contributed by atoms with van der Waals surface area (Å²) >= 11 is 35.1. The lowest BCUT2D eigenvalue weighted by Gasteiger charge is -2.12. The van der Waals surface area contributed by atoms with Crippen LogP contribution in [-0.2, 0) is 0 Å². The van der Waals surface area contributed by atoms with Crippen molar-refractivity contribution in [1.82, 2.24) is 4.98 Å². The summed E-state index contributed by atoms with van der Waals surface area (Å²) in [5.41, 5.74) is 0.147. The minimum Gasteiger partial charge on any atom is -0.420 e. The van der Waals surface area contributed by atoms with Crippen molar-refractivity contribution in [2.75, 3.05) is 0 Å². The fraction of sp³-hybridized carbons (Fsp3) is 0. The average Bonchev–Trinajstić information content (AvgIpc) is 2.48. The van der Waals surface area contributed by atoms with Crippen LogP contribution >= 0.6 is 69.6 Å². The van der Waals surface area contributed by atoms with Crippen molar-refractivity contribution < 1.29 is 9.53 Å². The topological polar surface area (TPSA) is 39.2 Å². The Hall–Kier alpha value is -0.420. The van der Waals surface area contributed by atoms with E-state index in [1.54, 1.807) is 0 Å². The van der Waals surface area contributed by atoms with Gasteiger partial charge < -0.3 is 4.74 Å². The number of ether oxygens (including phenoxy) is 1. The minimum atomic E-state index is -0.752. The SMILES string of the molecule is O=C(Oc1c(Cl)c(Cl)c(Cl)c(Cl)c1Cl)c1ccc(Cl)nc1. The number of benzene rings is 1. The molecule has 0 unspecified atom stereocenters. The van der Waals surface area contributed by atoms with E-state index in [9.17, 15) is 4.79 Å². The van der Waals surface area contributed by atoms with Gasteiger partial charge >= 0.3 is 5.97 Å². The zero-order valence-corrected chi connectivity index (χ0v) is 14.3. The molecule has 0 atom stereocenters. The first-order valence-electron chi connectivity index (χ1n) is 5.18. The van der Waals surface area contributed by atoms with E-state index in [0.29, 0.717) is 0 Å². The van der Waals surface area contributed by atoms with Crippen LogP contribution in [0, 0.1) is 0 Å². The third kappa shape index (κ3) is 3.50. The smallest absolute Gasteiger partial charge is 0.345 e. The number of pyridine rings is 1. The first kappa shape index (κ1) is 16.9. The van der Waals surface area contributed by atoms with Crippen molar-refractivity contribution in [2.24, 2.45) is 0 Å². The summed E-state index contributed by atoms with van der Waals surface area (Å²) < 4.78 is 5.11. The van der Waals surface area contributed by atoms with Gasteiger partial charge in [0.2, 0.25) is 0 Å². The lowest BCUT2D eigenvalue weighted by atomic mass is 10.3. The molecular formula is C12H3Cl6NO2. The van der Waals surface area contributed by atoms with Gasteiger partial charge in [0.05, 0.1) is 20.6 Å². The van der Waals surface area contributed by atoms with Crippen LogP contribution in [0.5, 0.6) is 5.75 Å². The van der Waals surface area contributed by atoms with Crippen molar-refractivity contribution >= 4 is 75.6 Å². The van der Waals surface area contributed by atoms with Crippen LogP contribution in [0.2, 0.25) is 30.3 Å². The second kappa shape index (κ2) is 6.78. The Morgan fingerprint density at radius 3 is 1.86 bits per heavy atom. The molecule has 0 aliphatic carbocycles. The monoisotopic (exact) mass is 403 g/mol. The van der Waals surface area contributed by atoms with Crippen molar-refractivity contribution in [2.45, 2.75) is 0 Å². The van der Waals surface area contributed by atoms with Gasteiger partial charge in [-0.15, -0.1) is 0 Å². The Balaban J connectivity index is 2.40. The predicted octanol–water partition coefficient (Wildman–Crippen LogP) is 6.22. The fourth-order valence-electron chi connectivity index (χ4n) is 1.32. The molecule has 2 rings (SSSR count). The highest BCUT2D eigenvalue weighted by atomic mass is 35.5. The quantitative estimate of drug-likeness (QED) is 0.196. The molecule has 0 amide bonds. The summed E-state index contributed by atoms with van der Waals surface area (Å²) in [5, 5.41) is -0.159. The number of carbonyl (C=O) groups is 1. The van der Waals surface area contributed by atoms with E-state index in [4.69, 9.17) is 74.3 Å². The molecule has 1 aromatic heterocycles. The van der Waals surface area contributed by atoms with E-state index in [2.05, 4.69) is 4.98 Å². The van der Waals surface area contributed by atoms with Gasteiger partial charge in [-0.25, -0.2) is 9.78 Å². The highest BCUT2D eigenvalue weighted by Crippen LogP contribution is 2.48. The Kier molecular flexibility index (Phi) is 5.47. The molecule has 2 aromatic rings. The summed E-state index contributed by atoms with van der Waals surface area (Å²) in [6, 6.07) is 2.86. The van der Waals surface area contributed by atoms with Crippen molar-refractivity contribution in [3.63, 3.8) is 0 Å². The molecule has 0 aliphatic rings. The lowest BCUT2D eigenvalue weighted by molar-refractivity contribution is 0.0734. The number of rotatable bonds is 2. The molecule has 0 N–H and O–H groups in total. The molecule has 0 saturated heterocycles. The third-order valence-electron chi connectivity index (χ3n) is 2.33. The summed E-state index contributed by atoms with van der Waals surface area (Å²) in [5.74, 6) is -0.935. The first-order chi connectivity index (χ1) is 9.82. The largest absolute Gasteiger partial charge is 0.420 e. The number of hydrogen-bond acceptors (Lipinski definition) is 3. The number of halogens is 6. The maximum absolute atomic E-state index is 12.0. The van der Waals surface area contributed by atoms with Crippen LogP contribution in [-0.4, -0.2) is 11.0 Å². The molecule has 0 aliphatic heterocycles. The lowest BCUT2D eigenvalue weighted by Crippen LogP contribution is -2.09. The van der Waals surface area contributed by atoms with Gasteiger partial charge in [0.15, 0.2) is 5.75 Å². The number of nitrogens with zero attached hydrogens (tertiary/aromatic N) is 1. The normalized spacial score (nSPS) is 10.6. The summed E-state index contributed by atoms with van der Waals surface area (Å²) in [6.45, 7) is 0. The second-order valence-corrected chi connectivity index (χ2v) is 5.94. The van der Waals surface area contributed by atoms with Gasteiger partial charge in [-0.1, -0.05) is 69.6 Å². The van der Waals surface area contributed by atoms with Gasteiger partial charge in [-0.05, 0) is 12.1 Å². The number of carbonyl (C=O) groups excluding carboxylic acids is 1. The van der Waals surface area contributed by atoms with Crippen molar-refractivity contribution in [1.29, 1.82) is 0 Å². The minimum absolute atomic E-state index is 0.0266. The van der Waals surface area contributed by atoms with E-state index < -0.39 is 5.97 Å². The summed E-state index contributed by atoms with van der Waals surface area (Å²) in [4.78, 5) is 15.8. The van der Waals surface area contributed by atoms with E-state index >= 15 is 0 Å². The molecule has 3 nitrogen and oxygen atoms in total. The van der Waals surface area contributed by atoms with E-state index in [1.807, 2.05) is 0 Å². The van der Waals surface area contributed by atoms with Crippen LogP contribution in [0.3, 0.4) is 0 Å². The molecule has 0 bridgehead atoms. The van der Waals surface area contributed by atoms with Gasteiger partial charge in [0.25, 0.3) is 0 Å². The zero-order chi connectivity index (χ0) is 15.7. The molecule has 9 heteroatoms. The fourth-order valence-corrected chi connectivity index (χ4v) is 2.63. The maximum Gasteiger partial charge on any atom is 0.345 e. The number of esters is 1. The number of aromatic nitrogens is 1. The molecule has 21 heavy (non-hydrogen) atoms. The van der Waals surface area contributed by atoms with E-state index in [0.717, 1.165) is 0 Å². The van der Waals surface area contributed by atoms with E-state index in [1.165, 1.54) is 18.3 Å². The molecule has 0 radical (unpaired) electrons. The first-order valence-corrected chi connectivity index (χ1v) is 7.45. The van der Waals surface area contributed by atoms with Crippen LogP contribution in [0.4, 0.5) is 0 Å². The van der Waals surface area contributed by atoms with E-state index in [-0.39, 0.29) is 41.6 Å². The maximum atomic E-state index is 12.0. The number of hydrogen-bond donors (Lipinski definition) is 0. The van der Waals surface area contributed by atoms with Gasteiger partial charge in [0.1, 0.15) is 15.2 Å². The van der Waals surface area contributed by atoms with Crippen LogP contribution in [0.15, 0.2) is 18.3 Å². The average molecular weight is 406 g/mol. The Bertz CT molecular complexity index is 688. The highest BCUT2D eigenvalue weighted by Gasteiger charge is 2.23. The molecule has 0 spiro atoms. The zero-order valence-electron chi connectivity index (χ0n) is 9.76. The van der Waals surface area contributed by atoms with Crippen LogP contribution in [0.25, 0.3) is 0 Å². The predicted molar refractivity (Wildman–Crippen MR) is 85.7 cm³/mol. The standard InChI is InChI=1S/C12H3Cl6NO2/c13-5-2-1-4(3-19-5)12(20)21-11-9(17)7(15)6(14)8(16)10(11)18/h1-3H. The highest BCUT2D eigenvalue weighted by molar-refractivity contribution is 6.55. The van der Waals surface area contributed by atoms with Gasteiger partial charge in [-0.2, -0.15) is 0 Å². The Morgan fingerprint density at radius 2 is 1.38 bits per heavy atom. The molecule has 0 saturated carbocycles. The molecule has 0 fully saturated rings. The van der Waals surface area contributed by atoms with Crippen molar-refractivity contribution in [3.8, 4) is 5.75 Å². The van der Waals surface area contributed by atoms with Gasteiger partial charge in [0, 0.05) is 6.20 Å². The second-order valence-electron chi connectivity index (χ2n) is 3.66. The molecule has 110 valence electrons. The summed E-state index contributed by atoms with van der Waals surface area (Å²) in [6.07, 6.45) is 1.24. The third-order valence-corrected chi connectivity index (χ3v) is 4.79. The molecule has 1 aromatic carbocycles. The van der Waals surface area contributed by atoms with Crippen molar-refractivity contribution in [3.05, 3.63) is 54.2 Å². The van der Waals surface area contributed by atoms with Crippen LogP contribution in [0.1, 0.15) is 10.4 Å². The molecule has 1 heterocycles.